The normalized spacial score (nSPS) is 8.68. The van der Waals surface area contributed by atoms with Crippen molar-refractivity contribution in [2.24, 2.45) is 34.0 Å². The van der Waals surface area contributed by atoms with Crippen LogP contribution in [0.4, 0.5) is 0 Å². The molecule has 0 aromatic heterocycles. The summed E-state index contributed by atoms with van der Waals surface area (Å²) in [7, 11) is 4.56. The fraction of sp³-hybridized carbons (Fsp3) is 0.810. The van der Waals surface area contributed by atoms with Crippen molar-refractivity contribution in [2.75, 3.05) is 67.1 Å². The molecule has 0 saturated heterocycles. The van der Waals surface area contributed by atoms with Crippen LogP contribution in [0.5, 0.6) is 0 Å². The van der Waals surface area contributed by atoms with Gasteiger partial charge in [0.25, 0.3) is 0 Å². The molecule has 0 aliphatic carbocycles. The molecule has 0 rings (SSSR count). The van der Waals surface area contributed by atoms with Crippen molar-refractivity contribution in [3.63, 3.8) is 0 Å². The van der Waals surface area contributed by atoms with Crippen LogP contribution in [-0.4, -0.2) is 113 Å². The predicted octanol–water partition coefficient (Wildman–Crippen LogP) is -12.3. The first-order chi connectivity index (χ1) is 18.1. The molecule has 0 aliphatic heterocycles. The molecule has 0 spiro atoms. The fourth-order valence-corrected chi connectivity index (χ4v) is 0.883. The third kappa shape index (κ3) is 407. The van der Waals surface area contributed by atoms with Gasteiger partial charge in [0.1, 0.15) is 39.0 Å². The van der Waals surface area contributed by atoms with Crippen LogP contribution < -0.4 is 92.4 Å². The Labute approximate surface area is 275 Å². The quantitative estimate of drug-likeness (QED) is 0.0419. The zero-order valence-corrected chi connectivity index (χ0v) is 29.7. The molecule has 41 heavy (non-hydrogen) atoms. The van der Waals surface area contributed by atoms with Gasteiger partial charge in [-0.25, -0.2) is 11.8 Å². The molecule has 12 N–H and O–H groups in total. The van der Waals surface area contributed by atoms with Crippen LogP contribution in [0.2, 0.25) is 0 Å². The summed E-state index contributed by atoms with van der Waals surface area (Å²) in [5.74, 6) is 8.69. The molecular formula is C21H59IN7NaO11. The SMILES string of the molecule is C.CC(O)CO.CC=NC.CC=O.CC=O.CC=O.CON.CON.NCCN(CCN)CCN.[Na+].[O-][I+3]([O-])([O-])[O-]. The van der Waals surface area contributed by atoms with E-state index in [9.17, 15) is 0 Å². The molecule has 20 heteroatoms. The third-order valence-corrected chi connectivity index (χ3v) is 1.86. The fourth-order valence-electron chi connectivity index (χ4n) is 0.883. The van der Waals surface area contributed by atoms with Crippen LogP contribution in [0.3, 0.4) is 0 Å². The maximum atomic E-state index is 8.81. The average Bonchev–Trinajstić information content (AvgIpc) is 2.82. The number of hydrogen-bond acceptors (Lipinski definition) is 18. The molecule has 0 aromatic rings. The van der Waals surface area contributed by atoms with Gasteiger partial charge in [0.05, 0.1) is 26.9 Å². The Morgan fingerprint density at radius 1 is 0.829 bits per heavy atom. The van der Waals surface area contributed by atoms with Crippen molar-refractivity contribution in [2.45, 2.75) is 48.1 Å². The number of aliphatic hydroxyl groups is 2. The van der Waals surface area contributed by atoms with Gasteiger partial charge in [0.15, 0.2) is 0 Å². The third-order valence-electron chi connectivity index (χ3n) is 1.86. The summed E-state index contributed by atoms with van der Waals surface area (Å²) >= 11 is -5.94. The summed E-state index contributed by atoms with van der Waals surface area (Å²) < 4.78 is 34.5. The molecule has 252 valence electrons. The Morgan fingerprint density at radius 2 is 0.951 bits per heavy atom. The van der Waals surface area contributed by atoms with Crippen LogP contribution in [0.15, 0.2) is 4.99 Å². The Balaban J connectivity index is -0.0000000286. The van der Waals surface area contributed by atoms with Crippen LogP contribution in [0, 0.1) is 0 Å². The van der Waals surface area contributed by atoms with Gasteiger partial charge in [-0.2, -0.15) is 0 Å². The molecule has 0 radical (unpaired) electrons. The first-order valence-electron chi connectivity index (χ1n) is 10.9. The maximum absolute atomic E-state index is 8.81. The number of carbonyl (C=O) groups is 3. The molecule has 1 atom stereocenters. The van der Waals surface area contributed by atoms with E-state index in [1.54, 1.807) is 13.3 Å². The molecule has 0 aliphatic rings. The van der Waals surface area contributed by atoms with Crippen LogP contribution in [0.25, 0.3) is 0 Å². The number of nitrogens with zero attached hydrogens (tertiary/aromatic N) is 2. The zero-order valence-electron chi connectivity index (χ0n) is 25.6. The summed E-state index contributed by atoms with van der Waals surface area (Å²) in [5, 5.41) is 16.0. The zero-order chi connectivity index (χ0) is 33.6. The van der Waals surface area contributed by atoms with Gasteiger partial charge in [-0.3, -0.25) is 18.6 Å². The van der Waals surface area contributed by atoms with Crippen molar-refractivity contribution in [3.8, 4) is 0 Å². The number of aliphatic hydroxyl groups excluding tert-OH is 2. The topological polar surface area (TPSA) is 348 Å². The van der Waals surface area contributed by atoms with Crippen molar-refractivity contribution in [3.05, 3.63) is 0 Å². The smallest absolute Gasteiger partial charge is 0.394 e. The van der Waals surface area contributed by atoms with Crippen molar-refractivity contribution >= 4 is 25.1 Å². The van der Waals surface area contributed by atoms with Gasteiger partial charge in [-0.1, -0.05) is 7.43 Å². The molecule has 0 fully saturated rings. The minimum absolute atomic E-state index is 0. The summed E-state index contributed by atoms with van der Waals surface area (Å²) in [4.78, 5) is 39.7. The van der Waals surface area contributed by atoms with Gasteiger partial charge in [-0.15, -0.1) is 0 Å². The Bertz CT molecular complexity index is 367. The monoisotopic (exact) mass is 735 g/mol. The molecule has 0 heterocycles. The molecule has 0 bridgehead atoms. The first kappa shape index (κ1) is 72.8. The number of carbonyl (C=O) groups excluding carboxylic acids is 3. The van der Waals surface area contributed by atoms with E-state index in [4.69, 9.17) is 55.5 Å². The van der Waals surface area contributed by atoms with E-state index in [2.05, 4.69) is 31.4 Å². The molecule has 0 amide bonds. The standard InChI is InChI=1S/C6H18N4.C3H7N.C3H8O2.3C2H4O.2CH5NO.CH4.IO4.Na/c7-1-4-10(5-2-8)6-3-9;1-3-4-2;1-3(5)2-4;3*1-2-3;2*1-3-2;;2-1(3,4)5;/h1-9H2;3H,1-2H3;3-5H,2H2,1H3;3*2H,1H3;2*2H2,1H3;1H4;;/q;;;;;;;;;-1;+1. The Morgan fingerprint density at radius 3 is 1.00 bits per heavy atom. The molecule has 18 nitrogen and oxygen atoms in total. The largest absolute Gasteiger partial charge is 1.00 e. The van der Waals surface area contributed by atoms with Crippen molar-refractivity contribution < 1.29 is 97.7 Å². The van der Waals surface area contributed by atoms with Gasteiger partial charge < -0.3 is 56.5 Å². The number of rotatable bonds is 7. The second-order valence-electron chi connectivity index (χ2n) is 5.31. The number of aliphatic imine (C=N–C) groups is 1. The average molecular weight is 736 g/mol. The first-order valence-corrected chi connectivity index (χ1v) is 14.4. The van der Waals surface area contributed by atoms with E-state index in [0.717, 1.165) is 38.5 Å². The molecular weight excluding hydrogens is 676 g/mol. The molecule has 0 aromatic carbocycles. The predicted molar refractivity (Wildman–Crippen MR) is 147 cm³/mol. The van der Waals surface area contributed by atoms with E-state index in [1.165, 1.54) is 41.9 Å². The van der Waals surface area contributed by atoms with Crippen LogP contribution in [-0.2, 0) is 24.1 Å². The van der Waals surface area contributed by atoms with E-state index in [-0.39, 0.29) is 43.6 Å². The van der Waals surface area contributed by atoms with E-state index in [1.807, 2.05) is 6.92 Å². The van der Waals surface area contributed by atoms with Gasteiger partial charge in [0, 0.05) is 46.3 Å². The second-order valence-corrected chi connectivity index (χ2v) is 7.47. The minimum atomic E-state index is -5.94. The summed E-state index contributed by atoms with van der Waals surface area (Å²) in [6.07, 6.45) is 3.44. The van der Waals surface area contributed by atoms with E-state index in [0.29, 0.717) is 19.6 Å². The van der Waals surface area contributed by atoms with Gasteiger partial charge in [0.2, 0.25) is 0 Å². The summed E-state index contributed by atoms with van der Waals surface area (Å²) in [5.41, 5.74) is 16.1. The van der Waals surface area contributed by atoms with Gasteiger partial charge >= 0.3 is 29.6 Å². The summed E-state index contributed by atoms with van der Waals surface area (Å²) in [6, 6.07) is 0. The van der Waals surface area contributed by atoms with Crippen LogP contribution in [0.1, 0.15) is 42.0 Å². The number of hydrogen-bond donors (Lipinski definition) is 7. The maximum Gasteiger partial charge on any atom is 1.00 e. The van der Waals surface area contributed by atoms with Gasteiger partial charge in [-0.05, 0) is 40.8 Å². The number of nitrogens with two attached hydrogens (primary N) is 5. The van der Waals surface area contributed by atoms with Crippen LogP contribution >= 0.6 is 0 Å². The van der Waals surface area contributed by atoms with E-state index < -0.39 is 26.2 Å². The summed E-state index contributed by atoms with van der Waals surface area (Å²) in [6.45, 7) is 12.3. The molecule has 1 unspecified atom stereocenters. The minimum Gasteiger partial charge on any atom is -0.394 e. The number of aldehydes is 3. The Hall–Kier alpha value is -0.150. The number of halogens is 1. The second kappa shape index (κ2) is 90.0. The molecule has 0 saturated carbocycles. The van der Waals surface area contributed by atoms with Crippen molar-refractivity contribution in [1.82, 2.24) is 4.90 Å². The van der Waals surface area contributed by atoms with E-state index >= 15 is 0 Å². The van der Waals surface area contributed by atoms with Crippen molar-refractivity contribution in [1.29, 1.82) is 0 Å². The Kier molecular flexibility index (Phi) is 160.